The number of nitrogens with one attached hydrogen (secondary N) is 1. The molecule has 2 amide bonds. The first-order chi connectivity index (χ1) is 12.9. The molecule has 0 aliphatic carbocycles. The Kier molecular flexibility index (Phi) is 5.55. The largest absolute Gasteiger partial charge is 0.495 e. The van der Waals surface area contributed by atoms with Crippen LogP contribution in [0.3, 0.4) is 0 Å². The SMILES string of the molecule is COc1ccccc1N1CCN(C(=O)NS(=O)(=O)c2ccc(C)cc2)CC1. The second-order valence-corrected chi connectivity index (χ2v) is 8.05. The molecule has 0 atom stereocenters. The van der Waals surface area contributed by atoms with Gasteiger partial charge in [-0.1, -0.05) is 29.8 Å². The van der Waals surface area contributed by atoms with Crippen LogP contribution < -0.4 is 14.4 Å². The number of rotatable bonds is 4. The van der Waals surface area contributed by atoms with Gasteiger partial charge in [0.15, 0.2) is 0 Å². The van der Waals surface area contributed by atoms with E-state index in [1.54, 1.807) is 19.2 Å². The molecule has 1 N–H and O–H groups in total. The molecule has 1 fully saturated rings. The molecule has 0 bridgehead atoms. The van der Waals surface area contributed by atoms with Gasteiger partial charge in [0.1, 0.15) is 5.75 Å². The number of carbonyl (C=O) groups excluding carboxylic acids is 1. The molecule has 27 heavy (non-hydrogen) atoms. The Bertz CT molecular complexity index is 905. The van der Waals surface area contributed by atoms with Gasteiger partial charge in [-0.05, 0) is 31.2 Å². The summed E-state index contributed by atoms with van der Waals surface area (Å²) in [6, 6.07) is 13.5. The third-order valence-electron chi connectivity index (χ3n) is 4.55. The lowest BCUT2D eigenvalue weighted by Gasteiger charge is -2.36. The number of aryl methyl sites for hydroxylation is 1. The predicted molar refractivity (Wildman–Crippen MR) is 104 cm³/mol. The van der Waals surface area contributed by atoms with Crippen LogP contribution in [0, 0.1) is 6.92 Å². The maximum Gasteiger partial charge on any atom is 0.331 e. The lowest BCUT2D eigenvalue weighted by atomic mass is 10.2. The maximum atomic E-state index is 12.4. The lowest BCUT2D eigenvalue weighted by molar-refractivity contribution is 0.200. The van der Waals surface area contributed by atoms with E-state index in [0.717, 1.165) is 17.0 Å². The smallest absolute Gasteiger partial charge is 0.331 e. The molecular weight excluding hydrogens is 366 g/mol. The Morgan fingerprint density at radius 1 is 1.00 bits per heavy atom. The molecule has 1 saturated heterocycles. The summed E-state index contributed by atoms with van der Waals surface area (Å²) < 4.78 is 32.3. The number of hydrogen-bond acceptors (Lipinski definition) is 5. The molecule has 0 aromatic heterocycles. The van der Waals surface area contributed by atoms with Gasteiger partial charge >= 0.3 is 6.03 Å². The van der Waals surface area contributed by atoms with Crippen molar-refractivity contribution >= 4 is 21.7 Å². The van der Waals surface area contributed by atoms with E-state index in [1.807, 2.05) is 31.2 Å². The van der Waals surface area contributed by atoms with Crippen LogP contribution in [0.4, 0.5) is 10.5 Å². The first-order valence-corrected chi connectivity index (χ1v) is 10.2. The highest BCUT2D eigenvalue weighted by atomic mass is 32.2. The van der Waals surface area contributed by atoms with Crippen molar-refractivity contribution in [2.75, 3.05) is 38.2 Å². The van der Waals surface area contributed by atoms with Crippen LogP contribution >= 0.6 is 0 Å². The van der Waals surface area contributed by atoms with Gasteiger partial charge in [0.05, 0.1) is 17.7 Å². The zero-order chi connectivity index (χ0) is 19.4. The minimum Gasteiger partial charge on any atom is -0.495 e. The van der Waals surface area contributed by atoms with E-state index < -0.39 is 16.1 Å². The first kappa shape index (κ1) is 19.0. The van der Waals surface area contributed by atoms with Crippen LogP contribution in [0.15, 0.2) is 53.4 Å². The number of benzene rings is 2. The monoisotopic (exact) mass is 389 g/mol. The summed E-state index contributed by atoms with van der Waals surface area (Å²) >= 11 is 0. The fraction of sp³-hybridized carbons (Fsp3) is 0.316. The summed E-state index contributed by atoms with van der Waals surface area (Å²) in [4.78, 5) is 16.1. The zero-order valence-corrected chi connectivity index (χ0v) is 16.2. The summed E-state index contributed by atoms with van der Waals surface area (Å²) in [6.45, 7) is 3.91. The summed E-state index contributed by atoms with van der Waals surface area (Å²) in [5.74, 6) is 0.775. The molecule has 2 aromatic carbocycles. The van der Waals surface area contributed by atoms with Gasteiger partial charge in [0, 0.05) is 26.2 Å². The molecule has 0 unspecified atom stereocenters. The van der Waals surface area contributed by atoms with E-state index >= 15 is 0 Å². The van der Waals surface area contributed by atoms with Crippen molar-refractivity contribution in [2.45, 2.75) is 11.8 Å². The van der Waals surface area contributed by atoms with Crippen LogP contribution in [-0.2, 0) is 10.0 Å². The molecule has 0 saturated carbocycles. The topological polar surface area (TPSA) is 79.0 Å². The molecule has 0 radical (unpaired) electrons. The molecular formula is C19H23N3O4S. The van der Waals surface area contributed by atoms with E-state index in [1.165, 1.54) is 17.0 Å². The second-order valence-electron chi connectivity index (χ2n) is 6.37. The van der Waals surface area contributed by atoms with E-state index in [9.17, 15) is 13.2 Å². The second kappa shape index (κ2) is 7.87. The summed E-state index contributed by atoms with van der Waals surface area (Å²) in [5, 5.41) is 0. The number of hydrogen-bond donors (Lipinski definition) is 1. The van der Waals surface area contributed by atoms with Crippen molar-refractivity contribution in [2.24, 2.45) is 0 Å². The number of amides is 2. The minimum atomic E-state index is -3.88. The highest BCUT2D eigenvalue weighted by Crippen LogP contribution is 2.28. The van der Waals surface area contributed by atoms with Crippen LogP contribution in [-0.4, -0.2) is 52.6 Å². The number of para-hydroxylation sites is 2. The number of anilines is 1. The third kappa shape index (κ3) is 4.33. The van der Waals surface area contributed by atoms with Crippen molar-refractivity contribution in [1.82, 2.24) is 9.62 Å². The Hall–Kier alpha value is -2.74. The third-order valence-corrected chi connectivity index (χ3v) is 5.88. The van der Waals surface area contributed by atoms with E-state index in [-0.39, 0.29) is 4.90 Å². The van der Waals surface area contributed by atoms with Crippen molar-refractivity contribution in [3.63, 3.8) is 0 Å². The Labute approximate surface area is 159 Å². The molecule has 1 aliphatic heterocycles. The fourth-order valence-corrected chi connectivity index (χ4v) is 3.97. The molecule has 144 valence electrons. The highest BCUT2D eigenvalue weighted by Gasteiger charge is 2.26. The molecule has 7 nitrogen and oxygen atoms in total. The molecule has 8 heteroatoms. The highest BCUT2D eigenvalue weighted by molar-refractivity contribution is 7.90. The number of sulfonamides is 1. The van der Waals surface area contributed by atoms with Gasteiger partial charge < -0.3 is 14.5 Å². The van der Waals surface area contributed by atoms with Crippen molar-refractivity contribution in [1.29, 1.82) is 0 Å². The van der Waals surface area contributed by atoms with Crippen LogP contribution in [0.2, 0.25) is 0 Å². The quantitative estimate of drug-likeness (QED) is 0.868. The first-order valence-electron chi connectivity index (χ1n) is 8.67. The van der Waals surface area contributed by atoms with Crippen LogP contribution in [0.5, 0.6) is 5.75 Å². The number of methoxy groups -OCH3 is 1. The molecule has 2 aromatic rings. The Balaban J connectivity index is 1.62. The number of ether oxygens (including phenoxy) is 1. The maximum absolute atomic E-state index is 12.4. The fourth-order valence-electron chi connectivity index (χ4n) is 3.00. The summed E-state index contributed by atoms with van der Waals surface area (Å²) in [6.07, 6.45) is 0. The molecule has 1 aliphatic rings. The van der Waals surface area contributed by atoms with E-state index in [4.69, 9.17) is 4.74 Å². The van der Waals surface area contributed by atoms with Crippen molar-refractivity contribution < 1.29 is 17.9 Å². The zero-order valence-electron chi connectivity index (χ0n) is 15.4. The number of nitrogens with zero attached hydrogens (tertiary/aromatic N) is 2. The standard InChI is InChI=1S/C19H23N3O4S/c1-15-7-9-16(10-8-15)27(24,25)20-19(23)22-13-11-21(12-14-22)17-5-3-4-6-18(17)26-2/h3-10H,11-14H2,1-2H3,(H,20,23). The Morgan fingerprint density at radius 3 is 2.26 bits per heavy atom. The van der Waals surface area contributed by atoms with Crippen molar-refractivity contribution in [3.8, 4) is 5.75 Å². The molecule has 1 heterocycles. The molecule has 3 rings (SSSR count). The van der Waals surface area contributed by atoms with Gasteiger partial charge in [-0.15, -0.1) is 0 Å². The van der Waals surface area contributed by atoms with Gasteiger partial charge in [0.25, 0.3) is 10.0 Å². The predicted octanol–water partition coefficient (Wildman–Crippen LogP) is 2.22. The average molecular weight is 389 g/mol. The van der Waals surface area contributed by atoms with Gasteiger partial charge in [-0.3, -0.25) is 0 Å². The van der Waals surface area contributed by atoms with Crippen molar-refractivity contribution in [3.05, 3.63) is 54.1 Å². The minimum absolute atomic E-state index is 0.0779. The lowest BCUT2D eigenvalue weighted by Crippen LogP contribution is -2.52. The Morgan fingerprint density at radius 2 is 1.63 bits per heavy atom. The number of carbonyl (C=O) groups is 1. The number of urea groups is 1. The van der Waals surface area contributed by atoms with Crippen LogP contribution in [0.25, 0.3) is 0 Å². The van der Waals surface area contributed by atoms with Gasteiger partial charge in [0.2, 0.25) is 0 Å². The normalized spacial score (nSPS) is 14.7. The van der Waals surface area contributed by atoms with E-state index in [0.29, 0.717) is 26.2 Å². The summed E-state index contributed by atoms with van der Waals surface area (Å²) in [5.41, 5.74) is 1.92. The molecule has 0 spiro atoms. The summed E-state index contributed by atoms with van der Waals surface area (Å²) in [7, 11) is -2.25. The number of piperazine rings is 1. The van der Waals surface area contributed by atoms with Gasteiger partial charge in [-0.2, -0.15) is 0 Å². The average Bonchev–Trinajstić information content (AvgIpc) is 2.68. The van der Waals surface area contributed by atoms with Crippen LogP contribution in [0.1, 0.15) is 5.56 Å². The van der Waals surface area contributed by atoms with E-state index in [2.05, 4.69) is 9.62 Å². The van der Waals surface area contributed by atoms with Gasteiger partial charge in [-0.25, -0.2) is 17.9 Å².